The highest BCUT2D eigenvalue weighted by Crippen LogP contribution is 2.24. The first-order valence-corrected chi connectivity index (χ1v) is 5.91. The molecule has 1 aromatic heterocycles. The number of benzene rings is 1. The lowest BCUT2D eigenvalue weighted by Crippen LogP contribution is -1.90. The molecule has 0 saturated heterocycles. The Kier molecular flexibility index (Phi) is 3.04. The summed E-state index contributed by atoms with van der Waals surface area (Å²) in [7, 11) is 0. The number of fused-ring (bicyclic) bond motifs is 1. The van der Waals surface area contributed by atoms with E-state index in [0.29, 0.717) is 0 Å². The molecule has 2 rings (SSSR count). The number of pyridine rings is 1. The van der Waals surface area contributed by atoms with Gasteiger partial charge in [-0.05, 0) is 24.1 Å². The van der Waals surface area contributed by atoms with Crippen LogP contribution >= 0.6 is 27.5 Å². The molecule has 0 amide bonds. The third kappa shape index (κ3) is 1.77. The van der Waals surface area contributed by atoms with E-state index in [1.165, 1.54) is 5.56 Å². The van der Waals surface area contributed by atoms with E-state index in [-0.39, 0.29) is 0 Å². The Morgan fingerprint density at radius 1 is 1.29 bits per heavy atom. The summed E-state index contributed by atoms with van der Waals surface area (Å²) in [6, 6.07) is 7.94. The van der Waals surface area contributed by atoms with Crippen LogP contribution in [0.15, 0.2) is 30.5 Å². The third-order valence-electron chi connectivity index (χ3n) is 2.18. The fourth-order valence-corrected chi connectivity index (χ4v) is 2.17. The quantitative estimate of drug-likeness (QED) is 0.756. The summed E-state index contributed by atoms with van der Waals surface area (Å²) in [5, 5.41) is 2.83. The first-order valence-electron chi connectivity index (χ1n) is 4.41. The zero-order chi connectivity index (χ0) is 9.97. The predicted molar refractivity (Wildman–Crippen MR) is 64.3 cm³/mol. The number of aryl methyl sites for hydroxylation is 1. The van der Waals surface area contributed by atoms with Gasteiger partial charge in [-0.3, -0.25) is 4.98 Å². The van der Waals surface area contributed by atoms with E-state index in [1.807, 2.05) is 24.4 Å². The maximum absolute atomic E-state index is 6.05. The smallest absolute Gasteiger partial charge is 0.0890 e. The van der Waals surface area contributed by atoms with E-state index in [1.54, 1.807) is 0 Å². The van der Waals surface area contributed by atoms with Crippen LogP contribution in [0.2, 0.25) is 5.02 Å². The monoisotopic (exact) mass is 269 g/mol. The van der Waals surface area contributed by atoms with Crippen molar-refractivity contribution in [2.45, 2.75) is 6.42 Å². The topological polar surface area (TPSA) is 12.9 Å². The van der Waals surface area contributed by atoms with Gasteiger partial charge in [-0.15, -0.1) is 0 Å². The van der Waals surface area contributed by atoms with Gasteiger partial charge >= 0.3 is 0 Å². The Bertz CT molecular complexity index is 456. The molecule has 1 nitrogen and oxygen atoms in total. The molecule has 3 heteroatoms. The molecule has 0 atom stereocenters. The zero-order valence-corrected chi connectivity index (χ0v) is 9.85. The van der Waals surface area contributed by atoms with E-state index in [9.17, 15) is 0 Å². The average molecular weight is 271 g/mol. The number of halogens is 2. The largest absolute Gasteiger partial charge is 0.255 e. The molecule has 0 radical (unpaired) electrons. The van der Waals surface area contributed by atoms with Crippen molar-refractivity contribution in [1.82, 2.24) is 4.98 Å². The van der Waals surface area contributed by atoms with Crippen LogP contribution in [-0.4, -0.2) is 10.3 Å². The Hall–Kier alpha value is -0.600. The van der Waals surface area contributed by atoms with Crippen molar-refractivity contribution in [3.8, 4) is 0 Å². The highest BCUT2D eigenvalue weighted by Gasteiger charge is 2.03. The predicted octanol–water partition coefficient (Wildman–Crippen LogP) is 3.83. The van der Waals surface area contributed by atoms with E-state index in [0.717, 1.165) is 27.7 Å². The number of hydrogen-bond acceptors (Lipinski definition) is 1. The van der Waals surface area contributed by atoms with Crippen molar-refractivity contribution < 1.29 is 0 Å². The fourth-order valence-electron chi connectivity index (χ4n) is 1.52. The van der Waals surface area contributed by atoms with Gasteiger partial charge in [0, 0.05) is 16.9 Å². The molecule has 0 aliphatic carbocycles. The molecule has 0 saturated carbocycles. The molecule has 0 N–H and O–H groups in total. The van der Waals surface area contributed by atoms with Gasteiger partial charge in [0.25, 0.3) is 0 Å². The number of para-hydroxylation sites is 1. The van der Waals surface area contributed by atoms with E-state index < -0.39 is 0 Å². The van der Waals surface area contributed by atoms with Crippen LogP contribution in [0, 0.1) is 0 Å². The fraction of sp³-hybridized carbons (Fsp3) is 0.182. The summed E-state index contributed by atoms with van der Waals surface area (Å²) >= 11 is 9.49. The van der Waals surface area contributed by atoms with Crippen molar-refractivity contribution in [3.63, 3.8) is 0 Å². The van der Waals surface area contributed by atoms with Gasteiger partial charge in [0.2, 0.25) is 0 Å². The summed E-state index contributed by atoms with van der Waals surface area (Å²) in [5.74, 6) is 0. The van der Waals surface area contributed by atoms with E-state index in [2.05, 4.69) is 27.0 Å². The van der Waals surface area contributed by atoms with Crippen molar-refractivity contribution in [2.75, 3.05) is 5.33 Å². The first-order chi connectivity index (χ1) is 6.83. The summed E-state index contributed by atoms with van der Waals surface area (Å²) in [4.78, 5) is 4.28. The number of hydrogen-bond donors (Lipinski definition) is 0. The second kappa shape index (κ2) is 4.28. The average Bonchev–Trinajstić information content (AvgIpc) is 2.20. The first kappa shape index (κ1) is 9.94. The van der Waals surface area contributed by atoms with Crippen molar-refractivity contribution in [3.05, 3.63) is 41.0 Å². The van der Waals surface area contributed by atoms with Crippen molar-refractivity contribution in [1.29, 1.82) is 0 Å². The Balaban J connectivity index is 2.68. The van der Waals surface area contributed by atoms with Crippen LogP contribution < -0.4 is 0 Å². The Morgan fingerprint density at radius 2 is 2.14 bits per heavy atom. The Morgan fingerprint density at radius 3 is 2.93 bits per heavy atom. The second-order valence-corrected chi connectivity index (χ2v) is 4.25. The number of alkyl halides is 1. The van der Waals surface area contributed by atoms with Gasteiger partial charge in [-0.25, -0.2) is 0 Å². The third-order valence-corrected chi connectivity index (χ3v) is 2.88. The lowest BCUT2D eigenvalue weighted by atomic mass is 10.1. The maximum Gasteiger partial charge on any atom is 0.0890 e. The molecule has 0 bridgehead atoms. The minimum absolute atomic E-state index is 0.721. The standard InChI is InChI=1S/C11H9BrClN/c12-6-4-8-5-7-14-11-9(8)2-1-3-10(11)13/h1-3,5,7H,4,6H2. The molecule has 0 aliphatic rings. The molecule has 0 unspecified atom stereocenters. The van der Waals surface area contributed by atoms with Gasteiger partial charge in [0.1, 0.15) is 0 Å². The zero-order valence-electron chi connectivity index (χ0n) is 7.50. The molecule has 2 aromatic rings. The second-order valence-electron chi connectivity index (χ2n) is 3.05. The van der Waals surface area contributed by atoms with Crippen LogP contribution in [0.25, 0.3) is 10.9 Å². The molecular formula is C11H9BrClN. The summed E-state index contributed by atoms with van der Waals surface area (Å²) in [6.07, 6.45) is 2.81. The molecule has 14 heavy (non-hydrogen) atoms. The molecule has 72 valence electrons. The van der Waals surface area contributed by atoms with Crippen LogP contribution in [0.4, 0.5) is 0 Å². The van der Waals surface area contributed by atoms with Gasteiger partial charge in [-0.1, -0.05) is 39.7 Å². The van der Waals surface area contributed by atoms with E-state index >= 15 is 0 Å². The SMILES string of the molecule is Clc1cccc2c(CCBr)ccnc12. The Labute approximate surface area is 96.2 Å². The van der Waals surface area contributed by atoms with Crippen LogP contribution in [0.5, 0.6) is 0 Å². The molecule has 1 heterocycles. The lowest BCUT2D eigenvalue weighted by Gasteiger charge is -2.04. The van der Waals surface area contributed by atoms with Crippen LogP contribution in [-0.2, 0) is 6.42 Å². The summed E-state index contributed by atoms with van der Waals surface area (Å²) in [5.41, 5.74) is 2.18. The normalized spacial score (nSPS) is 10.7. The highest BCUT2D eigenvalue weighted by atomic mass is 79.9. The molecule has 1 aromatic carbocycles. The summed E-state index contributed by atoms with van der Waals surface area (Å²) < 4.78 is 0. The highest BCUT2D eigenvalue weighted by molar-refractivity contribution is 9.09. The number of rotatable bonds is 2. The molecule has 0 fully saturated rings. The molecule has 0 aliphatic heterocycles. The number of aromatic nitrogens is 1. The van der Waals surface area contributed by atoms with Gasteiger partial charge < -0.3 is 0 Å². The minimum atomic E-state index is 0.721. The molecular weight excluding hydrogens is 261 g/mol. The van der Waals surface area contributed by atoms with Crippen molar-refractivity contribution in [2.24, 2.45) is 0 Å². The van der Waals surface area contributed by atoms with Gasteiger partial charge in [-0.2, -0.15) is 0 Å². The van der Waals surface area contributed by atoms with E-state index in [4.69, 9.17) is 11.6 Å². The maximum atomic E-state index is 6.05. The van der Waals surface area contributed by atoms with Crippen LogP contribution in [0.3, 0.4) is 0 Å². The summed E-state index contributed by atoms with van der Waals surface area (Å²) in [6.45, 7) is 0. The number of nitrogens with zero attached hydrogens (tertiary/aromatic N) is 1. The van der Waals surface area contributed by atoms with Gasteiger partial charge in [0.15, 0.2) is 0 Å². The lowest BCUT2D eigenvalue weighted by molar-refractivity contribution is 1.18. The molecule has 0 spiro atoms. The van der Waals surface area contributed by atoms with Crippen LogP contribution in [0.1, 0.15) is 5.56 Å². The van der Waals surface area contributed by atoms with Crippen molar-refractivity contribution >= 4 is 38.4 Å². The van der Waals surface area contributed by atoms with Gasteiger partial charge in [0.05, 0.1) is 10.5 Å². The minimum Gasteiger partial charge on any atom is -0.255 e.